The van der Waals surface area contributed by atoms with Crippen molar-refractivity contribution in [3.8, 4) is 11.5 Å². The van der Waals surface area contributed by atoms with Crippen LogP contribution in [-0.2, 0) is 13.2 Å². The molecule has 0 aliphatic rings. The SMILES string of the molecule is CCNCc1cccc(F)c1Oc1ccc(CO)cc1. The number of nitrogens with one attached hydrogen (secondary N) is 1. The molecule has 0 atom stereocenters. The first-order valence-corrected chi connectivity index (χ1v) is 6.60. The van der Waals surface area contributed by atoms with E-state index in [9.17, 15) is 4.39 Å². The van der Waals surface area contributed by atoms with Crippen LogP contribution in [0.1, 0.15) is 18.1 Å². The minimum atomic E-state index is -0.383. The van der Waals surface area contributed by atoms with Gasteiger partial charge in [0.1, 0.15) is 5.75 Å². The molecule has 3 nitrogen and oxygen atoms in total. The van der Waals surface area contributed by atoms with Crippen LogP contribution in [-0.4, -0.2) is 11.7 Å². The van der Waals surface area contributed by atoms with E-state index in [2.05, 4.69) is 5.32 Å². The summed E-state index contributed by atoms with van der Waals surface area (Å²) in [5.74, 6) is 0.405. The Balaban J connectivity index is 2.22. The van der Waals surface area contributed by atoms with Crippen LogP contribution in [0.15, 0.2) is 42.5 Å². The van der Waals surface area contributed by atoms with Gasteiger partial charge >= 0.3 is 0 Å². The molecule has 0 aliphatic carbocycles. The Morgan fingerprint density at radius 1 is 1.15 bits per heavy atom. The van der Waals surface area contributed by atoms with E-state index >= 15 is 0 Å². The van der Waals surface area contributed by atoms with E-state index in [1.807, 2.05) is 13.0 Å². The molecule has 106 valence electrons. The van der Waals surface area contributed by atoms with Gasteiger partial charge in [0.05, 0.1) is 6.61 Å². The highest BCUT2D eigenvalue weighted by Crippen LogP contribution is 2.28. The van der Waals surface area contributed by atoms with Crippen LogP contribution >= 0.6 is 0 Å². The maximum Gasteiger partial charge on any atom is 0.167 e. The normalized spacial score (nSPS) is 10.6. The number of halogens is 1. The third-order valence-electron chi connectivity index (χ3n) is 2.94. The smallest absolute Gasteiger partial charge is 0.167 e. The zero-order valence-corrected chi connectivity index (χ0v) is 11.4. The first-order valence-electron chi connectivity index (χ1n) is 6.60. The Bertz CT molecular complexity index is 555. The molecule has 0 aliphatic heterocycles. The number of hydrogen-bond acceptors (Lipinski definition) is 3. The number of rotatable bonds is 6. The molecule has 20 heavy (non-hydrogen) atoms. The Morgan fingerprint density at radius 3 is 2.55 bits per heavy atom. The molecular formula is C16H18FNO2. The Morgan fingerprint density at radius 2 is 1.90 bits per heavy atom. The largest absolute Gasteiger partial charge is 0.454 e. The number of benzene rings is 2. The molecule has 0 amide bonds. The number of aliphatic hydroxyl groups is 1. The molecule has 2 N–H and O–H groups in total. The molecule has 0 spiro atoms. The van der Waals surface area contributed by atoms with E-state index in [1.165, 1.54) is 6.07 Å². The monoisotopic (exact) mass is 275 g/mol. The number of ether oxygens (including phenoxy) is 1. The fourth-order valence-corrected chi connectivity index (χ4v) is 1.85. The molecule has 2 aromatic rings. The first-order chi connectivity index (χ1) is 9.74. The van der Waals surface area contributed by atoms with Crippen molar-refractivity contribution in [2.45, 2.75) is 20.1 Å². The second kappa shape index (κ2) is 7.03. The van der Waals surface area contributed by atoms with Gasteiger partial charge in [0, 0.05) is 12.1 Å². The quantitative estimate of drug-likeness (QED) is 0.850. The van der Waals surface area contributed by atoms with Crippen LogP contribution in [0.25, 0.3) is 0 Å². The first kappa shape index (κ1) is 14.5. The molecule has 0 bridgehead atoms. The molecule has 2 aromatic carbocycles. The topological polar surface area (TPSA) is 41.5 Å². The fraction of sp³-hybridized carbons (Fsp3) is 0.250. The summed E-state index contributed by atoms with van der Waals surface area (Å²) in [6.07, 6.45) is 0. The highest BCUT2D eigenvalue weighted by Gasteiger charge is 2.10. The lowest BCUT2D eigenvalue weighted by Gasteiger charge is -2.12. The third kappa shape index (κ3) is 3.56. The molecule has 4 heteroatoms. The van der Waals surface area contributed by atoms with E-state index in [1.54, 1.807) is 30.3 Å². The average Bonchev–Trinajstić information content (AvgIpc) is 2.48. The van der Waals surface area contributed by atoms with Crippen LogP contribution in [0.4, 0.5) is 4.39 Å². The number of hydrogen-bond donors (Lipinski definition) is 2. The van der Waals surface area contributed by atoms with Gasteiger partial charge in [0.25, 0.3) is 0 Å². The summed E-state index contributed by atoms with van der Waals surface area (Å²) in [7, 11) is 0. The lowest BCUT2D eigenvalue weighted by molar-refractivity contribution is 0.281. The summed E-state index contributed by atoms with van der Waals surface area (Å²) in [5, 5.41) is 12.2. The Labute approximate surface area is 118 Å². The van der Waals surface area contributed by atoms with Crippen molar-refractivity contribution in [3.63, 3.8) is 0 Å². The molecule has 0 radical (unpaired) electrons. The fourth-order valence-electron chi connectivity index (χ4n) is 1.85. The summed E-state index contributed by atoms with van der Waals surface area (Å²) in [5.41, 5.74) is 1.57. The van der Waals surface area contributed by atoms with Gasteiger partial charge in [0.15, 0.2) is 11.6 Å². The van der Waals surface area contributed by atoms with E-state index in [0.717, 1.165) is 17.7 Å². The number of para-hydroxylation sites is 1. The van der Waals surface area contributed by atoms with E-state index < -0.39 is 0 Å². The predicted octanol–water partition coefficient (Wildman–Crippen LogP) is 3.22. The molecule has 0 saturated heterocycles. The zero-order chi connectivity index (χ0) is 14.4. The van der Waals surface area contributed by atoms with Crippen molar-refractivity contribution in [2.24, 2.45) is 0 Å². The summed E-state index contributed by atoms with van der Waals surface area (Å²) in [6.45, 7) is 3.33. The van der Waals surface area contributed by atoms with Crippen molar-refractivity contribution in [2.75, 3.05) is 6.54 Å². The van der Waals surface area contributed by atoms with Crippen molar-refractivity contribution in [3.05, 3.63) is 59.4 Å². The highest BCUT2D eigenvalue weighted by atomic mass is 19.1. The van der Waals surface area contributed by atoms with Crippen LogP contribution in [0.3, 0.4) is 0 Å². The van der Waals surface area contributed by atoms with Crippen molar-refractivity contribution < 1.29 is 14.2 Å². The maximum absolute atomic E-state index is 13.9. The molecule has 0 aromatic heterocycles. The molecule has 0 saturated carbocycles. The summed E-state index contributed by atoms with van der Waals surface area (Å²) in [6, 6.07) is 11.8. The van der Waals surface area contributed by atoms with Gasteiger partial charge < -0.3 is 15.2 Å². The Hall–Kier alpha value is -1.91. The van der Waals surface area contributed by atoms with Gasteiger partial charge in [-0.2, -0.15) is 0 Å². The van der Waals surface area contributed by atoms with Crippen molar-refractivity contribution in [1.29, 1.82) is 0 Å². The zero-order valence-electron chi connectivity index (χ0n) is 11.4. The Kier molecular flexibility index (Phi) is 5.09. The maximum atomic E-state index is 13.9. The summed E-state index contributed by atoms with van der Waals surface area (Å²) < 4.78 is 19.6. The average molecular weight is 275 g/mol. The van der Waals surface area contributed by atoms with Crippen LogP contribution in [0.5, 0.6) is 11.5 Å². The standard InChI is InChI=1S/C16H18FNO2/c1-2-18-10-13-4-3-5-15(17)16(13)20-14-8-6-12(11-19)7-9-14/h3-9,18-19H,2,10-11H2,1H3. The van der Waals surface area contributed by atoms with Crippen LogP contribution in [0, 0.1) is 5.82 Å². The highest BCUT2D eigenvalue weighted by molar-refractivity contribution is 5.39. The summed E-state index contributed by atoms with van der Waals surface area (Å²) >= 11 is 0. The molecule has 2 rings (SSSR count). The third-order valence-corrected chi connectivity index (χ3v) is 2.94. The van der Waals surface area contributed by atoms with Gasteiger partial charge in [-0.1, -0.05) is 31.2 Å². The molecule has 0 heterocycles. The van der Waals surface area contributed by atoms with E-state index in [-0.39, 0.29) is 18.2 Å². The van der Waals surface area contributed by atoms with Crippen LogP contribution < -0.4 is 10.1 Å². The van der Waals surface area contributed by atoms with Gasteiger partial charge in [-0.25, -0.2) is 4.39 Å². The summed E-state index contributed by atoms with van der Waals surface area (Å²) in [4.78, 5) is 0. The molecular weight excluding hydrogens is 257 g/mol. The van der Waals surface area contributed by atoms with Crippen molar-refractivity contribution >= 4 is 0 Å². The predicted molar refractivity (Wildman–Crippen MR) is 76.2 cm³/mol. The second-order valence-electron chi connectivity index (χ2n) is 4.41. The minimum absolute atomic E-state index is 0.0222. The minimum Gasteiger partial charge on any atom is -0.454 e. The van der Waals surface area contributed by atoms with Gasteiger partial charge in [-0.15, -0.1) is 0 Å². The van der Waals surface area contributed by atoms with E-state index in [0.29, 0.717) is 12.3 Å². The van der Waals surface area contributed by atoms with Gasteiger partial charge in [-0.05, 0) is 30.3 Å². The van der Waals surface area contributed by atoms with Crippen molar-refractivity contribution in [1.82, 2.24) is 5.32 Å². The van der Waals surface area contributed by atoms with Crippen LogP contribution in [0.2, 0.25) is 0 Å². The van der Waals surface area contributed by atoms with Gasteiger partial charge in [0.2, 0.25) is 0 Å². The molecule has 0 unspecified atom stereocenters. The number of aliphatic hydroxyl groups excluding tert-OH is 1. The van der Waals surface area contributed by atoms with Gasteiger partial charge in [-0.3, -0.25) is 0 Å². The van der Waals surface area contributed by atoms with E-state index in [4.69, 9.17) is 9.84 Å². The second-order valence-corrected chi connectivity index (χ2v) is 4.41. The molecule has 0 fully saturated rings. The lowest BCUT2D eigenvalue weighted by atomic mass is 10.2. The lowest BCUT2D eigenvalue weighted by Crippen LogP contribution is -2.12.